The van der Waals surface area contributed by atoms with Crippen LogP contribution in [0.25, 0.3) is 0 Å². The molecule has 0 aromatic heterocycles. The highest BCUT2D eigenvalue weighted by atomic mass is 16.5. The van der Waals surface area contributed by atoms with Crippen molar-refractivity contribution in [1.29, 1.82) is 5.26 Å². The second kappa shape index (κ2) is 9.22. The minimum Gasteiger partial charge on any atom is -0.508 e. The Bertz CT molecular complexity index is 859. The van der Waals surface area contributed by atoms with Crippen LogP contribution in [0.3, 0.4) is 0 Å². The van der Waals surface area contributed by atoms with Gasteiger partial charge in [0, 0.05) is 18.7 Å². The lowest BCUT2D eigenvalue weighted by atomic mass is 10.1. The van der Waals surface area contributed by atoms with E-state index in [0.717, 1.165) is 0 Å². The third-order valence-electron chi connectivity index (χ3n) is 3.53. The second-order valence-corrected chi connectivity index (χ2v) is 5.58. The van der Waals surface area contributed by atoms with Crippen LogP contribution < -0.4 is 20.9 Å². The Morgan fingerprint density at radius 3 is 2.52 bits per heavy atom. The van der Waals surface area contributed by atoms with E-state index in [2.05, 4.69) is 16.2 Å². The lowest BCUT2D eigenvalue weighted by molar-refractivity contribution is -0.114. The molecule has 0 unspecified atom stereocenters. The number of hydrogen-bond donors (Lipinski definition) is 4. The minimum atomic E-state index is -0.802. The van der Waals surface area contributed by atoms with Gasteiger partial charge in [-0.1, -0.05) is 12.1 Å². The fourth-order valence-corrected chi connectivity index (χ4v) is 2.33. The van der Waals surface area contributed by atoms with Crippen LogP contribution in [0.5, 0.6) is 11.5 Å². The van der Waals surface area contributed by atoms with Crippen LogP contribution in [0.15, 0.2) is 42.5 Å². The summed E-state index contributed by atoms with van der Waals surface area (Å²) < 4.78 is 5.48. The number of rotatable bonds is 7. The third kappa shape index (κ3) is 5.45. The van der Waals surface area contributed by atoms with Crippen molar-refractivity contribution in [2.45, 2.75) is 19.9 Å². The number of anilines is 1. The molecule has 8 nitrogen and oxygen atoms in total. The Kier molecular flexibility index (Phi) is 6.74. The molecule has 2 amide bonds. The highest BCUT2D eigenvalue weighted by Crippen LogP contribution is 2.24. The molecule has 27 heavy (non-hydrogen) atoms. The average molecular weight is 368 g/mol. The molecule has 2 aromatic carbocycles. The molecule has 140 valence electrons. The molecule has 0 bridgehead atoms. The number of amides is 2. The number of nitrogens with zero attached hydrogens (tertiary/aromatic N) is 1. The molecule has 4 N–H and O–H groups in total. The zero-order chi connectivity index (χ0) is 19.8. The minimum absolute atomic E-state index is 0.0834. The quantitative estimate of drug-likeness (QED) is 0.556. The van der Waals surface area contributed by atoms with Gasteiger partial charge in [0.15, 0.2) is 0 Å². The van der Waals surface area contributed by atoms with Crippen LogP contribution >= 0.6 is 0 Å². The molecule has 2 rings (SSSR count). The fraction of sp³-hybridized carbons (Fsp3) is 0.211. The number of aromatic hydroxyl groups is 1. The van der Waals surface area contributed by atoms with E-state index in [-0.39, 0.29) is 17.2 Å². The maximum absolute atomic E-state index is 12.5. The molecule has 0 aliphatic rings. The number of carbonyl (C=O) groups is 2. The highest BCUT2D eigenvalue weighted by molar-refractivity contribution is 5.98. The Morgan fingerprint density at radius 1 is 1.22 bits per heavy atom. The van der Waals surface area contributed by atoms with Gasteiger partial charge < -0.3 is 15.2 Å². The summed E-state index contributed by atoms with van der Waals surface area (Å²) in [5.41, 5.74) is 6.48. The summed E-state index contributed by atoms with van der Waals surface area (Å²) in [6, 6.07) is 12.0. The van der Waals surface area contributed by atoms with E-state index in [0.29, 0.717) is 23.6 Å². The zero-order valence-corrected chi connectivity index (χ0v) is 14.9. The number of nitriles is 1. The van der Waals surface area contributed by atoms with Gasteiger partial charge in [0.25, 0.3) is 5.91 Å². The first-order valence-electron chi connectivity index (χ1n) is 8.23. The average Bonchev–Trinajstić information content (AvgIpc) is 2.63. The Labute approximate surface area is 156 Å². The number of nitrogens with one attached hydrogen (secondary N) is 3. The fourth-order valence-electron chi connectivity index (χ4n) is 2.33. The van der Waals surface area contributed by atoms with E-state index in [1.807, 2.05) is 6.07 Å². The third-order valence-corrected chi connectivity index (χ3v) is 3.53. The number of ether oxygens (including phenoxy) is 1. The number of phenols is 1. The number of phenolic OH excluding ortho intramolecular Hbond substituents is 1. The van der Waals surface area contributed by atoms with Crippen LogP contribution in [0.2, 0.25) is 0 Å². The van der Waals surface area contributed by atoms with Crippen LogP contribution in [0.4, 0.5) is 5.69 Å². The Morgan fingerprint density at radius 2 is 1.93 bits per heavy atom. The molecule has 0 radical (unpaired) electrons. The Balaban J connectivity index is 2.13. The van der Waals surface area contributed by atoms with E-state index in [1.165, 1.54) is 25.1 Å². The highest BCUT2D eigenvalue weighted by Gasteiger charge is 2.16. The number of hydrazine groups is 1. The molecule has 0 saturated carbocycles. The monoisotopic (exact) mass is 368 g/mol. The summed E-state index contributed by atoms with van der Waals surface area (Å²) in [5.74, 6) is -0.338. The lowest BCUT2D eigenvalue weighted by Crippen LogP contribution is -2.39. The van der Waals surface area contributed by atoms with Gasteiger partial charge in [0.1, 0.15) is 17.5 Å². The van der Waals surface area contributed by atoms with Gasteiger partial charge in [0.2, 0.25) is 5.91 Å². The van der Waals surface area contributed by atoms with Crippen molar-refractivity contribution in [1.82, 2.24) is 10.9 Å². The molecule has 0 aliphatic heterocycles. The number of hydrogen-bond acceptors (Lipinski definition) is 6. The summed E-state index contributed by atoms with van der Waals surface area (Å²) in [4.78, 5) is 23.7. The zero-order valence-electron chi connectivity index (χ0n) is 14.9. The van der Waals surface area contributed by atoms with Gasteiger partial charge >= 0.3 is 0 Å². The number of carbonyl (C=O) groups excluding carboxylic acids is 2. The molecule has 1 atom stereocenters. The van der Waals surface area contributed by atoms with Crippen LogP contribution in [-0.4, -0.2) is 23.5 Å². The Hall–Kier alpha value is -3.57. The van der Waals surface area contributed by atoms with Crippen molar-refractivity contribution < 1.29 is 19.4 Å². The molecule has 0 heterocycles. The predicted molar refractivity (Wildman–Crippen MR) is 99.0 cm³/mol. The maximum atomic E-state index is 12.5. The van der Waals surface area contributed by atoms with E-state index < -0.39 is 11.9 Å². The standard InChI is InChI=1S/C19H20N4O4/c1-3-27-18-10-14(21-12(2)24)6-9-16(18)19(26)23-22-17(11-20)13-4-7-15(25)8-5-13/h4-10,17,22,25H,3H2,1-2H3,(H,21,24)(H,23,26)/t17-/m0/s1. The summed E-state index contributed by atoms with van der Waals surface area (Å²) in [7, 11) is 0. The molecule has 0 saturated heterocycles. The summed E-state index contributed by atoms with van der Waals surface area (Å²) >= 11 is 0. The van der Waals surface area contributed by atoms with Crippen molar-refractivity contribution in [3.05, 3.63) is 53.6 Å². The number of benzene rings is 2. The summed E-state index contributed by atoms with van der Waals surface area (Å²) in [6.45, 7) is 3.50. The first-order valence-corrected chi connectivity index (χ1v) is 8.23. The van der Waals surface area contributed by atoms with E-state index in [4.69, 9.17) is 4.74 Å². The van der Waals surface area contributed by atoms with Crippen molar-refractivity contribution in [3.8, 4) is 17.6 Å². The molecule has 0 fully saturated rings. The van der Waals surface area contributed by atoms with Gasteiger partial charge in [-0.2, -0.15) is 5.26 Å². The lowest BCUT2D eigenvalue weighted by Gasteiger charge is -2.15. The van der Waals surface area contributed by atoms with Gasteiger partial charge in [-0.05, 0) is 36.8 Å². The van der Waals surface area contributed by atoms with Gasteiger partial charge in [-0.25, -0.2) is 5.43 Å². The largest absolute Gasteiger partial charge is 0.508 e. The second-order valence-electron chi connectivity index (χ2n) is 5.58. The van der Waals surface area contributed by atoms with Gasteiger partial charge in [-0.15, -0.1) is 0 Å². The molecular formula is C19H20N4O4. The van der Waals surface area contributed by atoms with E-state index in [9.17, 15) is 20.0 Å². The van der Waals surface area contributed by atoms with E-state index in [1.54, 1.807) is 31.2 Å². The predicted octanol–water partition coefficient (Wildman–Crippen LogP) is 2.25. The van der Waals surface area contributed by atoms with Gasteiger partial charge in [0.05, 0.1) is 18.2 Å². The van der Waals surface area contributed by atoms with Gasteiger partial charge in [-0.3, -0.25) is 15.0 Å². The van der Waals surface area contributed by atoms with E-state index >= 15 is 0 Å². The van der Waals surface area contributed by atoms with Crippen LogP contribution in [0, 0.1) is 11.3 Å². The molecule has 8 heteroatoms. The molecule has 0 spiro atoms. The van der Waals surface area contributed by atoms with Crippen molar-refractivity contribution in [3.63, 3.8) is 0 Å². The molecule has 0 aliphatic carbocycles. The molecular weight excluding hydrogens is 348 g/mol. The van der Waals surface area contributed by atoms with Crippen LogP contribution in [-0.2, 0) is 4.79 Å². The molecule has 2 aromatic rings. The maximum Gasteiger partial charge on any atom is 0.269 e. The first kappa shape index (κ1) is 19.8. The van der Waals surface area contributed by atoms with Crippen LogP contribution in [0.1, 0.15) is 35.8 Å². The summed E-state index contributed by atoms with van der Waals surface area (Å²) in [5, 5.41) is 21.2. The topological polar surface area (TPSA) is 123 Å². The van der Waals surface area contributed by atoms with Crippen molar-refractivity contribution in [2.75, 3.05) is 11.9 Å². The summed E-state index contributed by atoms with van der Waals surface area (Å²) in [6.07, 6.45) is 0. The van der Waals surface area contributed by atoms with Crippen molar-refractivity contribution in [2.24, 2.45) is 0 Å². The first-order chi connectivity index (χ1) is 12.9. The normalized spacial score (nSPS) is 11.1. The van der Waals surface area contributed by atoms with Crippen molar-refractivity contribution >= 4 is 17.5 Å². The SMILES string of the molecule is CCOc1cc(NC(C)=O)ccc1C(=O)NN[C@@H](C#N)c1ccc(O)cc1. The smallest absolute Gasteiger partial charge is 0.269 e.